The van der Waals surface area contributed by atoms with Gasteiger partial charge in [0.15, 0.2) is 0 Å². The maximum Gasteiger partial charge on any atom is 0.335 e. The number of aromatic carboxylic acids is 1. The lowest BCUT2D eigenvalue weighted by Crippen LogP contribution is -2.00. The van der Waals surface area contributed by atoms with E-state index in [1.807, 2.05) is 0 Å². The summed E-state index contributed by atoms with van der Waals surface area (Å²) < 4.78 is 1.51. The van der Waals surface area contributed by atoms with Crippen LogP contribution in [0.25, 0.3) is 5.69 Å². The number of carbonyl (C=O) groups is 1. The second-order valence-electron chi connectivity index (χ2n) is 2.96. The number of carboxylic acids is 1. The van der Waals surface area contributed by atoms with Gasteiger partial charge in [0.05, 0.1) is 21.3 Å². The first-order chi connectivity index (χ1) is 7.59. The lowest BCUT2D eigenvalue weighted by molar-refractivity contribution is 0.0697. The van der Waals surface area contributed by atoms with Crippen molar-refractivity contribution in [2.45, 2.75) is 0 Å². The summed E-state index contributed by atoms with van der Waals surface area (Å²) in [6, 6.07) is 2.65. The van der Waals surface area contributed by atoms with E-state index < -0.39 is 5.97 Å². The molecule has 0 aliphatic heterocycles. The van der Waals surface area contributed by atoms with Crippen LogP contribution >= 0.6 is 23.2 Å². The summed E-state index contributed by atoms with van der Waals surface area (Å²) in [6.07, 6.45) is 2.85. The number of nitrogens with zero attached hydrogens (tertiary/aromatic N) is 3. The second kappa shape index (κ2) is 4.11. The van der Waals surface area contributed by atoms with Crippen LogP contribution in [0.2, 0.25) is 10.0 Å². The quantitative estimate of drug-likeness (QED) is 0.897. The molecule has 0 bridgehead atoms. The highest BCUT2D eigenvalue weighted by Crippen LogP contribution is 2.29. The van der Waals surface area contributed by atoms with Crippen LogP contribution in [0.4, 0.5) is 0 Å². The smallest absolute Gasteiger partial charge is 0.335 e. The lowest BCUT2D eigenvalue weighted by Gasteiger charge is -2.07. The zero-order valence-electron chi connectivity index (χ0n) is 7.76. The van der Waals surface area contributed by atoms with Gasteiger partial charge in [-0.3, -0.25) is 4.57 Å². The summed E-state index contributed by atoms with van der Waals surface area (Å²) >= 11 is 11.9. The van der Waals surface area contributed by atoms with Gasteiger partial charge in [0.1, 0.15) is 12.7 Å². The van der Waals surface area contributed by atoms with Crippen molar-refractivity contribution in [2.24, 2.45) is 0 Å². The van der Waals surface area contributed by atoms with E-state index in [4.69, 9.17) is 28.3 Å². The number of hydrogen-bond acceptors (Lipinski definition) is 3. The highest BCUT2D eigenvalue weighted by atomic mass is 35.5. The fraction of sp³-hybridized carbons (Fsp3) is 0. The Hall–Kier alpha value is -1.59. The number of rotatable bonds is 2. The Morgan fingerprint density at radius 3 is 2.12 bits per heavy atom. The minimum Gasteiger partial charge on any atom is -0.478 e. The van der Waals surface area contributed by atoms with Crippen LogP contribution in [-0.2, 0) is 0 Å². The van der Waals surface area contributed by atoms with E-state index in [1.165, 1.54) is 29.4 Å². The Morgan fingerprint density at radius 2 is 1.69 bits per heavy atom. The summed E-state index contributed by atoms with van der Waals surface area (Å²) in [5.74, 6) is -1.08. The van der Waals surface area contributed by atoms with Crippen molar-refractivity contribution < 1.29 is 9.90 Å². The van der Waals surface area contributed by atoms with Crippen LogP contribution in [0.3, 0.4) is 0 Å². The van der Waals surface area contributed by atoms with Crippen molar-refractivity contribution in [3.05, 3.63) is 40.4 Å². The van der Waals surface area contributed by atoms with Crippen LogP contribution in [0, 0.1) is 0 Å². The third kappa shape index (κ3) is 1.87. The highest BCUT2D eigenvalue weighted by Gasteiger charge is 2.13. The van der Waals surface area contributed by atoms with Gasteiger partial charge in [-0.2, -0.15) is 0 Å². The molecule has 1 N–H and O–H groups in total. The zero-order chi connectivity index (χ0) is 11.7. The average Bonchev–Trinajstić information content (AvgIpc) is 2.69. The van der Waals surface area contributed by atoms with Crippen LogP contribution < -0.4 is 0 Å². The third-order valence-corrected chi connectivity index (χ3v) is 2.52. The van der Waals surface area contributed by atoms with E-state index in [0.717, 1.165) is 0 Å². The van der Waals surface area contributed by atoms with Crippen molar-refractivity contribution in [1.82, 2.24) is 14.8 Å². The number of halogens is 2. The first-order valence-electron chi connectivity index (χ1n) is 4.17. The Kier molecular flexibility index (Phi) is 2.80. The Labute approximate surface area is 100 Å². The van der Waals surface area contributed by atoms with Crippen molar-refractivity contribution in [1.29, 1.82) is 0 Å². The van der Waals surface area contributed by atoms with Gasteiger partial charge in [-0.15, -0.1) is 10.2 Å². The molecule has 0 atom stereocenters. The SMILES string of the molecule is O=C(O)c1cc(Cl)c(-n2cnnc2)c(Cl)c1. The van der Waals surface area contributed by atoms with Gasteiger partial charge in [-0.05, 0) is 12.1 Å². The summed E-state index contributed by atoms with van der Waals surface area (Å²) in [4.78, 5) is 10.8. The van der Waals surface area contributed by atoms with E-state index in [1.54, 1.807) is 0 Å². The molecule has 0 aliphatic rings. The minimum absolute atomic E-state index is 0.0341. The maximum atomic E-state index is 10.8. The van der Waals surface area contributed by atoms with E-state index >= 15 is 0 Å². The molecule has 1 heterocycles. The van der Waals surface area contributed by atoms with Gasteiger partial charge in [0.25, 0.3) is 0 Å². The van der Waals surface area contributed by atoms with Crippen molar-refractivity contribution in [2.75, 3.05) is 0 Å². The molecular formula is C9H5Cl2N3O2. The first-order valence-corrected chi connectivity index (χ1v) is 4.92. The van der Waals surface area contributed by atoms with E-state index in [9.17, 15) is 4.79 Å². The van der Waals surface area contributed by atoms with Crippen molar-refractivity contribution in [3.63, 3.8) is 0 Å². The van der Waals surface area contributed by atoms with E-state index in [2.05, 4.69) is 10.2 Å². The standard InChI is InChI=1S/C9H5Cl2N3O2/c10-6-1-5(9(15)16)2-7(11)8(6)14-3-12-13-4-14/h1-4H,(H,15,16). The Bertz CT molecular complexity index is 517. The topological polar surface area (TPSA) is 68.0 Å². The first kappa shape index (κ1) is 10.9. The van der Waals surface area contributed by atoms with Crippen LogP contribution in [0.5, 0.6) is 0 Å². The third-order valence-electron chi connectivity index (χ3n) is 1.94. The molecule has 0 aliphatic carbocycles. The molecule has 0 unspecified atom stereocenters. The Balaban J connectivity index is 2.61. The molecule has 1 aromatic carbocycles. The van der Waals surface area contributed by atoms with Crippen LogP contribution in [0.15, 0.2) is 24.8 Å². The number of aromatic nitrogens is 3. The molecule has 82 valence electrons. The van der Waals surface area contributed by atoms with Gasteiger partial charge in [0, 0.05) is 0 Å². The monoisotopic (exact) mass is 257 g/mol. The highest BCUT2D eigenvalue weighted by molar-refractivity contribution is 6.38. The summed E-state index contributed by atoms with van der Waals surface area (Å²) in [5, 5.41) is 16.5. The number of benzene rings is 1. The Morgan fingerprint density at radius 1 is 1.19 bits per heavy atom. The summed E-state index contributed by atoms with van der Waals surface area (Å²) in [5.41, 5.74) is 0.491. The maximum absolute atomic E-state index is 10.8. The largest absolute Gasteiger partial charge is 0.478 e. The lowest BCUT2D eigenvalue weighted by atomic mass is 10.2. The van der Waals surface area contributed by atoms with Gasteiger partial charge in [-0.25, -0.2) is 4.79 Å². The van der Waals surface area contributed by atoms with Gasteiger partial charge >= 0.3 is 5.97 Å². The molecular weight excluding hydrogens is 253 g/mol. The van der Waals surface area contributed by atoms with Crippen molar-refractivity contribution >= 4 is 29.2 Å². The molecule has 2 aromatic rings. The molecule has 7 heteroatoms. The summed E-state index contributed by atoms with van der Waals surface area (Å²) in [6.45, 7) is 0. The molecule has 0 saturated heterocycles. The second-order valence-corrected chi connectivity index (χ2v) is 3.78. The molecule has 0 saturated carbocycles. The molecule has 5 nitrogen and oxygen atoms in total. The van der Waals surface area contributed by atoms with E-state index in [-0.39, 0.29) is 15.6 Å². The molecule has 0 fully saturated rings. The predicted octanol–water partition coefficient (Wildman–Crippen LogP) is 2.27. The predicted molar refractivity (Wildman–Crippen MR) is 58.3 cm³/mol. The number of hydrogen-bond donors (Lipinski definition) is 1. The summed E-state index contributed by atoms with van der Waals surface area (Å²) in [7, 11) is 0. The molecule has 0 amide bonds. The van der Waals surface area contributed by atoms with Crippen LogP contribution in [0.1, 0.15) is 10.4 Å². The fourth-order valence-corrected chi connectivity index (χ4v) is 1.93. The molecule has 0 radical (unpaired) electrons. The average molecular weight is 258 g/mol. The van der Waals surface area contributed by atoms with Gasteiger partial charge in [-0.1, -0.05) is 23.2 Å². The fourth-order valence-electron chi connectivity index (χ4n) is 1.25. The van der Waals surface area contributed by atoms with Crippen molar-refractivity contribution in [3.8, 4) is 5.69 Å². The van der Waals surface area contributed by atoms with Gasteiger partial charge < -0.3 is 5.11 Å². The minimum atomic E-state index is -1.08. The van der Waals surface area contributed by atoms with Gasteiger partial charge in [0.2, 0.25) is 0 Å². The number of carboxylic acid groups (broad SMARTS) is 1. The van der Waals surface area contributed by atoms with Crippen LogP contribution in [-0.4, -0.2) is 25.8 Å². The molecule has 16 heavy (non-hydrogen) atoms. The molecule has 1 aromatic heterocycles. The molecule has 0 spiro atoms. The molecule has 2 rings (SSSR count). The zero-order valence-corrected chi connectivity index (χ0v) is 9.27. The van der Waals surface area contributed by atoms with E-state index in [0.29, 0.717) is 5.69 Å². The normalized spacial score (nSPS) is 10.4.